The van der Waals surface area contributed by atoms with Crippen LogP contribution >= 0.6 is 0 Å². The van der Waals surface area contributed by atoms with Crippen LogP contribution in [0.1, 0.15) is 11.3 Å². The zero-order valence-electron chi connectivity index (χ0n) is 18.8. The molecule has 3 heterocycles. The van der Waals surface area contributed by atoms with E-state index in [-0.39, 0.29) is 12.4 Å². The molecule has 0 aliphatic carbocycles. The second-order valence-electron chi connectivity index (χ2n) is 8.35. The van der Waals surface area contributed by atoms with Crippen molar-refractivity contribution in [3.8, 4) is 22.8 Å². The Morgan fingerprint density at radius 1 is 1.06 bits per heavy atom. The molecule has 0 radical (unpaired) electrons. The number of nitrogens with zero attached hydrogens (tertiary/aromatic N) is 2. The Morgan fingerprint density at radius 3 is 2.36 bits per heavy atom. The van der Waals surface area contributed by atoms with Gasteiger partial charge in [0.1, 0.15) is 11.4 Å². The molecular formula is C25H19F3N4O4. The Balaban J connectivity index is 1.51. The van der Waals surface area contributed by atoms with Gasteiger partial charge < -0.3 is 19.7 Å². The fourth-order valence-corrected chi connectivity index (χ4v) is 4.31. The van der Waals surface area contributed by atoms with Crippen molar-refractivity contribution in [2.45, 2.75) is 18.3 Å². The average Bonchev–Trinajstić information content (AvgIpc) is 3.33. The van der Waals surface area contributed by atoms with Crippen LogP contribution in [0.5, 0.6) is 11.6 Å². The number of aromatic hydroxyl groups is 1. The van der Waals surface area contributed by atoms with E-state index in [0.29, 0.717) is 33.2 Å². The first-order valence-electron chi connectivity index (χ1n) is 10.7. The number of methoxy groups -OCH3 is 1. The zero-order chi connectivity index (χ0) is 25.7. The molecule has 184 valence electrons. The Bertz CT molecular complexity index is 1480. The first kappa shape index (κ1) is 23.2. The number of benzene rings is 2. The summed E-state index contributed by atoms with van der Waals surface area (Å²) in [5.74, 6) is -0.165. The molecule has 2 aromatic heterocycles. The number of pyridine rings is 1. The minimum atomic E-state index is -4.54. The third-order valence-electron chi connectivity index (χ3n) is 6.18. The van der Waals surface area contributed by atoms with Crippen LogP contribution in [0.25, 0.3) is 21.9 Å². The van der Waals surface area contributed by atoms with E-state index in [9.17, 15) is 27.9 Å². The maximum absolute atomic E-state index is 13.0. The first-order valence-corrected chi connectivity index (χ1v) is 10.7. The number of carbonyl (C=O) groups excluding carboxylic acids is 2. The average molecular weight is 496 g/mol. The van der Waals surface area contributed by atoms with Crippen molar-refractivity contribution in [2.75, 3.05) is 7.11 Å². The summed E-state index contributed by atoms with van der Waals surface area (Å²) >= 11 is 0. The maximum atomic E-state index is 13.0. The quantitative estimate of drug-likeness (QED) is 0.360. The molecule has 1 aliphatic heterocycles. The fourth-order valence-electron chi connectivity index (χ4n) is 4.31. The molecule has 3 amide bonds. The number of imide groups is 1. The lowest BCUT2D eigenvalue weighted by atomic mass is 9.88. The van der Waals surface area contributed by atoms with Gasteiger partial charge in [-0.15, -0.1) is 0 Å². The Hall–Kier alpha value is -4.54. The number of urea groups is 1. The Kier molecular flexibility index (Phi) is 5.35. The highest BCUT2D eigenvalue weighted by Crippen LogP contribution is 2.36. The van der Waals surface area contributed by atoms with E-state index in [2.05, 4.69) is 15.6 Å². The monoisotopic (exact) mass is 496 g/mol. The van der Waals surface area contributed by atoms with Crippen LogP contribution in [0, 0.1) is 0 Å². The van der Waals surface area contributed by atoms with Gasteiger partial charge in [-0.3, -0.25) is 15.1 Å². The largest absolute Gasteiger partial charge is 0.497 e. The predicted octanol–water partition coefficient (Wildman–Crippen LogP) is 4.17. The van der Waals surface area contributed by atoms with E-state index >= 15 is 0 Å². The molecule has 11 heteroatoms. The van der Waals surface area contributed by atoms with E-state index in [1.165, 1.54) is 17.7 Å². The molecule has 2 aromatic carbocycles. The summed E-state index contributed by atoms with van der Waals surface area (Å²) in [4.78, 5) is 28.6. The molecule has 1 atom stereocenters. The summed E-state index contributed by atoms with van der Waals surface area (Å²) in [5.41, 5.74) is -1.09. The van der Waals surface area contributed by atoms with E-state index in [0.717, 1.165) is 12.3 Å². The number of carbonyl (C=O) groups is 2. The number of aromatic nitrogens is 2. The van der Waals surface area contributed by atoms with Gasteiger partial charge >= 0.3 is 12.2 Å². The number of alkyl halides is 3. The lowest BCUT2D eigenvalue weighted by Crippen LogP contribution is -2.47. The van der Waals surface area contributed by atoms with Gasteiger partial charge in [0.25, 0.3) is 5.91 Å². The van der Waals surface area contributed by atoms with Gasteiger partial charge in [-0.1, -0.05) is 30.3 Å². The highest BCUT2D eigenvalue weighted by Gasteiger charge is 2.48. The van der Waals surface area contributed by atoms with Crippen LogP contribution in [0.15, 0.2) is 67.0 Å². The molecule has 1 saturated heterocycles. The predicted molar refractivity (Wildman–Crippen MR) is 123 cm³/mol. The lowest BCUT2D eigenvalue weighted by molar-refractivity contribution is -0.141. The number of rotatable bonds is 5. The molecule has 5 rings (SSSR count). The van der Waals surface area contributed by atoms with Gasteiger partial charge in [-0.2, -0.15) is 13.2 Å². The van der Waals surface area contributed by atoms with Crippen molar-refractivity contribution in [2.24, 2.45) is 0 Å². The molecule has 0 saturated carbocycles. The number of halogens is 3. The summed E-state index contributed by atoms with van der Waals surface area (Å²) in [6.45, 7) is -0.116. The van der Waals surface area contributed by atoms with Crippen LogP contribution in [0.3, 0.4) is 0 Å². The molecule has 1 fully saturated rings. The van der Waals surface area contributed by atoms with Crippen molar-refractivity contribution in [3.63, 3.8) is 0 Å². The summed E-state index contributed by atoms with van der Waals surface area (Å²) in [6, 6.07) is 13.1. The van der Waals surface area contributed by atoms with Gasteiger partial charge in [-0.05, 0) is 35.4 Å². The van der Waals surface area contributed by atoms with Crippen molar-refractivity contribution < 1.29 is 32.6 Å². The lowest BCUT2D eigenvalue weighted by Gasteiger charge is -2.27. The second-order valence-corrected chi connectivity index (χ2v) is 8.35. The van der Waals surface area contributed by atoms with E-state index in [1.54, 1.807) is 48.7 Å². The first-order chi connectivity index (χ1) is 17.1. The zero-order valence-corrected chi connectivity index (χ0v) is 18.8. The highest BCUT2D eigenvalue weighted by molar-refractivity contribution is 6.07. The van der Waals surface area contributed by atoms with Gasteiger partial charge in [0, 0.05) is 28.7 Å². The number of nitrogens with one attached hydrogen (secondary N) is 2. The minimum Gasteiger partial charge on any atom is -0.497 e. The SMILES string of the molecule is COc1ccc2cn(C[C@@]3(c4ccc(-c5ccc(C(F)(F)F)nc5)cc4)NC(=O)NC3=O)c(O)c2c1. The molecule has 4 aromatic rings. The van der Waals surface area contributed by atoms with Gasteiger partial charge in [0.2, 0.25) is 0 Å². The highest BCUT2D eigenvalue weighted by atomic mass is 19.4. The molecule has 36 heavy (non-hydrogen) atoms. The number of hydrogen-bond acceptors (Lipinski definition) is 5. The number of amides is 3. The third kappa shape index (κ3) is 3.88. The Morgan fingerprint density at radius 2 is 1.78 bits per heavy atom. The molecule has 0 unspecified atom stereocenters. The number of hydrogen-bond donors (Lipinski definition) is 3. The molecule has 1 aliphatic rings. The molecule has 0 bridgehead atoms. The molecule has 0 spiro atoms. The molecular weight excluding hydrogens is 477 g/mol. The van der Waals surface area contributed by atoms with Crippen molar-refractivity contribution in [1.82, 2.24) is 20.2 Å². The summed E-state index contributed by atoms with van der Waals surface area (Å²) in [5, 5.41) is 17.0. The Labute approximate surface area is 202 Å². The van der Waals surface area contributed by atoms with Crippen LogP contribution < -0.4 is 15.4 Å². The molecule has 8 nitrogen and oxygen atoms in total. The second kappa shape index (κ2) is 8.29. The van der Waals surface area contributed by atoms with Gasteiger partial charge in [0.15, 0.2) is 11.4 Å². The summed E-state index contributed by atoms with van der Waals surface area (Å²) < 4.78 is 45.1. The fraction of sp³-hybridized carbons (Fsp3) is 0.160. The van der Waals surface area contributed by atoms with Crippen LogP contribution in [0.2, 0.25) is 0 Å². The van der Waals surface area contributed by atoms with Crippen LogP contribution in [0.4, 0.5) is 18.0 Å². The van der Waals surface area contributed by atoms with Crippen LogP contribution in [-0.4, -0.2) is 33.7 Å². The van der Waals surface area contributed by atoms with Gasteiger partial charge in [0.05, 0.1) is 13.7 Å². The topological polar surface area (TPSA) is 105 Å². The normalized spacial score (nSPS) is 17.8. The summed E-state index contributed by atoms with van der Waals surface area (Å²) in [6.07, 6.45) is -1.76. The van der Waals surface area contributed by atoms with E-state index < -0.39 is 29.3 Å². The van der Waals surface area contributed by atoms with E-state index in [1.807, 2.05) is 0 Å². The maximum Gasteiger partial charge on any atom is 0.433 e. The third-order valence-corrected chi connectivity index (χ3v) is 6.18. The number of fused-ring (bicyclic) bond motifs is 1. The summed E-state index contributed by atoms with van der Waals surface area (Å²) in [7, 11) is 1.51. The van der Waals surface area contributed by atoms with Gasteiger partial charge in [-0.25, -0.2) is 4.79 Å². The number of ether oxygens (including phenoxy) is 1. The van der Waals surface area contributed by atoms with Crippen molar-refractivity contribution in [3.05, 3.63) is 78.2 Å². The van der Waals surface area contributed by atoms with Crippen LogP contribution in [-0.2, 0) is 23.1 Å². The smallest absolute Gasteiger partial charge is 0.433 e. The minimum absolute atomic E-state index is 0.107. The standard InChI is InChI=1S/C25H19F3N4O4/c1-36-18-8-4-16-12-32(21(33)19(16)10-18)13-24(22(34)30-23(35)31-24)17-6-2-14(3-7-17)15-5-9-20(29-11-15)25(26,27)28/h2-12,33H,13H2,1H3,(H2,30,31,34,35)/t24-/m0/s1. The van der Waals surface area contributed by atoms with Crippen molar-refractivity contribution >= 4 is 22.7 Å². The van der Waals surface area contributed by atoms with Crippen molar-refractivity contribution in [1.29, 1.82) is 0 Å². The molecule has 3 N–H and O–H groups in total. The van der Waals surface area contributed by atoms with E-state index in [4.69, 9.17) is 4.74 Å².